The molecule has 0 heterocycles. The maximum Gasteiger partial charge on any atom is 0.134 e. The second kappa shape index (κ2) is 10.0. The molecule has 0 fully saturated rings. The van der Waals surface area contributed by atoms with Crippen LogP contribution in [0.1, 0.15) is 69.9 Å². The topological polar surface area (TPSA) is 53.2 Å². The molecule has 1 aliphatic carbocycles. The van der Waals surface area contributed by atoms with Gasteiger partial charge in [0, 0.05) is 11.5 Å². The number of hydrogen-bond donors (Lipinski definition) is 1. The van der Waals surface area contributed by atoms with Crippen molar-refractivity contribution in [1.82, 2.24) is 0 Å². The van der Waals surface area contributed by atoms with Crippen LogP contribution >= 0.6 is 0 Å². The molecule has 2 atom stereocenters. The number of phenolic OH excluding ortho intramolecular Hbond substituents is 1. The van der Waals surface area contributed by atoms with Crippen molar-refractivity contribution in [3.63, 3.8) is 0 Å². The highest BCUT2D eigenvalue weighted by Gasteiger charge is 2.30. The smallest absolute Gasteiger partial charge is 0.134 e. The van der Waals surface area contributed by atoms with Crippen molar-refractivity contribution in [1.29, 1.82) is 5.26 Å². The summed E-state index contributed by atoms with van der Waals surface area (Å²) >= 11 is 0. The van der Waals surface area contributed by atoms with Gasteiger partial charge in [-0.3, -0.25) is 0 Å². The molecule has 1 aromatic rings. The van der Waals surface area contributed by atoms with Crippen molar-refractivity contribution in [2.45, 2.75) is 65.2 Å². The number of nitriles is 1. The Morgan fingerprint density at radius 3 is 2.85 bits per heavy atom. The van der Waals surface area contributed by atoms with Crippen molar-refractivity contribution < 1.29 is 9.84 Å². The highest BCUT2D eigenvalue weighted by molar-refractivity contribution is 5.53. The zero-order valence-electron chi connectivity index (χ0n) is 16.8. The van der Waals surface area contributed by atoms with Crippen LogP contribution in [0.15, 0.2) is 48.3 Å². The Kier molecular flexibility index (Phi) is 7.73. The molecule has 0 saturated heterocycles. The van der Waals surface area contributed by atoms with Gasteiger partial charge in [-0.1, -0.05) is 43.6 Å². The van der Waals surface area contributed by atoms with Crippen LogP contribution in [0.4, 0.5) is 0 Å². The van der Waals surface area contributed by atoms with Crippen molar-refractivity contribution in [3.05, 3.63) is 59.4 Å². The van der Waals surface area contributed by atoms with Crippen molar-refractivity contribution in [2.75, 3.05) is 0 Å². The van der Waals surface area contributed by atoms with Crippen LogP contribution in [0.5, 0.6) is 11.5 Å². The molecule has 1 aliphatic rings. The monoisotopic (exact) mass is 365 g/mol. The summed E-state index contributed by atoms with van der Waals surface area (Å²) < 4.78 is 5.80. The number of nitrogens with zero attached hydrogens (tertiary/aromatic N) is 1. The molecule has 2 rings (SSSR count). The second-order valence-corrected chi connectivity index (χ2v) is 7.56. The number of hydrogen-bond acceptors (Lipinski definition) is 3. The third-order valence-electron chi connectivity index (χ3n) is 5.30. The van der Waals surface area contributed by atoms with Gasteiger partial charge in [0.25, 0.3) is 0 Å². The van der Waals surface area contributed by atoms with Crippen molar-refractivity contribution >= 4 is 0 Å². The molecule has 0 radical (unpaired) electrons. The fraction of sp³-hybridized carbons (Fsp3) is 0.458. The Balaban J connectivity index is 2.48. The van der Waals surface area contributed by atoms with Gasteiger partial charge in [-0.05, 0) is 63.1 Å². The van der Waals surface area contributed by atoms with E-state index in [1.807, 2.05) is 18.2 Å². The van der Waals surface area contributed by atoms with E-state index in [0.29, 0.717) is 5.75 Å². The zero-order chi connectivity index (χ0) is 19.8. The average Bonchev–Trinajstić information content (AvgIpc) is 2.61. The van der Waals surface area contributed by atoms with Crippen LogP contribution in [0.2, 0.25) is 0 Å². The number of aryl methyl sites for hydroxylation is 1. The van der Waals surface area contributed by atoms with Crippen LogP contribution in [0.25, 0.3) is 0 Å². The summed E-state index contributed by atoms with van der Waals surface area (Å²) in [6, 6.07) is 5.84. The summed E-state index contributed by atoms with van der Waals surface area (Å²) in [5, 5.41) is 19.7. The molecule has 0 aromatic heterocycles. The number of rotatable bonds is 8. The zero-order valence-corrected chi connectivity index (χ0v) is 16.8. The highest BCUT2D eigenvalue weighted by Crippen LogP contribution is 2.47. The molecule has 0 saturated carbocycles. The van der Waals surface area contributed by atoms with E-state index in [-0.39, 0.29) is 17.6 Å². The van der Waals surface area contributed by atoms with Crippen LogP contribution in [-0.4, -0.2) is 5.11 Å². The molecule has 1 N–H and O–H groups in total. The lowest BCUT2D eigenvalue weighted by atomic mass is 9.73. The maximum atomic E-state index is 10.9. The lowest BCUT2D eigenvalue weighted by molar-refractivity contribution is 0.410. The van der Waals surface area contributed by atoms with Gasteiger partial charge in [0.2, 0.25) is 0 Å². The molecule has 27 heavy (non-hydrogen) atoms. The highest BCUT2D eigenvalue weighted by atomic mass is 16.5. The van der Waals surface area contributed by atoms with E-state index in [4.69, 9.17) is 10.00 Å². The fourth-order valence-electron chi connectivity index (χ4n) is 3.87. The lowest BCUT2D eigenvalue weighted by Crippen LogP contribution is -2.17. The number of allylic oxidation sites excluding steroid dienone is 4. The summed E-state index contributed by atoms with van der Waals surface area (Å²) in [6.45, 7) is 10.5. The van der Waals surface area contributed by atoms with Gasteiger partial charge in [0.15, 0.2) is 0 Å². The van der Waals surface area contributed by atoms with Crippen molar-refractivity contribution in [3.8, 4) is 17.6 Å². The van der Waals surface area contributed by atoms with Crippen LogP contribution in [0.3, 0.4) is 0 Å². The van der Waals surface area contributed by atoms with E-state index in [2.05, 4.69) is 33.4 Å². The van der Waals surface area contributed by atoms with Gasteiger partial charge in [-0.15, -0.1) is 0 Å². The molecule has 0 amide bonds. The predicted octanol–water partition coefficient (Wildman–Crippen LogP) is 6.56. The summed E-state index contributed by atoms with van der Waals surface area (Å²) in [7, 11) is 0. The largest absolute Gasteiger partial charge is 0.507 e. The molecule has 3 heteroatoms. The number of ether oxygens (including phenoxy) is 1. The third-order valence-corrected chi connectivity index (χ3v) is 5.30. The second-order valence-electron chi connectivity index (χ2n) is 7.56. The van der Waals surface area contributed by atoms with Gasteiger partial charge in [0.1, 0.15) is 17.8 Å². The minimum atomic E-state index is 0.0337. The first-order valence-corrected chi connectivity index (χ1v) is 9.87. The first-order chi connectivity index (χ1) is 13.0. The summed E-state index contributed by atoms with van der Waals surface area (Å²) in [5.74, 6) is 1.21. The Morgan fingerprint density at radius 1 is 1.41 bits per heavy atom. The minimum absolute atomic E-state index is 0.0337. The molecular weight excluding hydrogens is 334 g/mol. The quantitative estimate of drug-likeness (QED) is 0.246. The lowest BCUT2D eigenvalue weighted by Gasteiger charge is -2.32. The van der Waals surface area contributed by atoms with Gasteiger partial charge in [-0.2, -0.15) is 5.26 Å². The van der Waals surface area contributed by atoms with Crippen LogP contribution in [0, 0.1) is 17.2 Å². The summed E-state index contributed by atoms with van der Waals surface area (Å²) in [5.41, 5.74) is 4.30. The van der Waals surface area contributed by atoms with Gasteiger partial charge >= 0.3 is 0 Å². The van der Waals surface area contributed by atoms with E-state index in [0.717, 1.165) is 55.2 Å². The maximum absolute atomic E-state index is 10.9. The Labute approximate surface area is 163 Å². The SMILES string of the molecule is C=C(C)[C@@H]1CCC(C)=C[C@H]1c1c(O)cc(CCCCC)cc1O/C=C/C#N. The Morgan fingerprint density at radius 2 is 2.19 bits per heavy atom. The molecule has 1 aromatic carbocycles. The van der Waals surface area contributed by atoms with E-state index < -0.39 is 0 Å². The number of phenols is 1. The summed E-state index contributed by atoms with van der Waals surface area (Å²) in [6.07, 6.45) is 11.3. The van der Waals surface area contributed by atoms with Crippen LogP contribution < -0.4 is 4.74 Å². The van der Waals surface area contributed by atoms with Gasteiger partial charge in [0.05, 0.1) is 12.1 Å². The number of aromatic hydroxyl groups is 1. The number of benzene rings is 1. The van der Waals surface area contributed by atoms with E-state index >= 15 is 0 Å². The first kappa shape index (κ1) is 20.8. The third kappa shape index (κ3) is 5.50. The summed E-state index contributed by atoms with van der Waals surface area (Å²) in [4.78, 5) is 0. The van der Waals surface area contributed by atoms with E-state index in [1.54, 1.807) is 0 Å². The van der Waals surface area contributed by atoms with Gasteiger partial charge < -0.3 is 9.84 Å². The Bertz CT molecular complexity index is 767. The minimum Gasteiger partial charge on any atom is -0.507 e. The standard InChI is InChI=1S/C24H31NO2/c1-5-6-7-9-19-15-22(26)24(23(16-19)27-13-8-12-25)21-14-18(4)10-11-20(21)17(2)3/h8,13-16,20-21,26H,2,5-7,9-11H2,1,3-4H3/b13-8+/t20-,21+/m0/s1. The predicted molar refractivity (Wildman–Crippen MR) is 111 cm³/mol. The molecule has 0 aliphatic heterocycles. The van der Waals surface area contributed by atoms with E-state index in [9.17, 15) is 5.11 Å². The molecule has 0 bridgehead atoms. The first-order valence-electron chi connectivity index (χ1n) is 9.87. The average molecular weight is 366 g/mol. The molecule has 0 unspecified atom stereocenters. The van der Waals surface area contributed by atoms with E-state index in [1.165, 1.54) is 17.9 Å². The molecular formula is C24H31NO2. The molecule has 3 nitrogen and oxygen atoms in total. The normalized spacial score (nSPS) is 19.6. The van der Waals surface area contributed by atoms with Gasteiger partial charge in [-0.25, -0.2) is 0 Å². The molecule has 144 valence electrons. The Hall–Kier alpha value is -2.47. The fourth-order valence-corrected chi connectivity index (χ4v) is 3.87. The molecule has 0 spiro atoms. The van der Waals surface area contributed by atoms with Crippen molar-refractivity contribution in [2.24, 2.45) is 5.92 Å². The van der Waals surface area contributed by atoms with Crippen LogP contribution in [-0.2, 0) is 6.42 Å². The number of unbranched alkanes of at least 4 members (excludes halogenated alkanes) is 2.